The third-order valence-electron chi connectivity index (χ3n) is 2.03. The lowest BCUT2D eigenvalue weighted by Crippen LogP contribution is -2.21. The van der Waals surface area contributed by atoms with Crippen molar-refractivity contribution in [1.82, 2.24) is 0 Å². The Hall–Kier alpha value is -0.0400. The van der Waals surface area contributed by atoms with Gasteiger partial charge in [-0.05, 0) is 33.1 Å². The highest BCUT2D eigenvalue weighted by molar-refractivity contribution is 4.61. The van der Waals surface area contributed by atoms with Gasteiger partial charge in [0.25, 0.3) is 0 Å². The predicted octanol–water partition coefficient (Wildman–Crippen LogP) is 3.24. The number of hydrogen-bond acceptors (Lipinski definition) is 1. The molecular weight excluding hydrogens is 136 g/mol. The van der Waals surface area contributed by atoms with E-state index < -0.39 is 0 Å². The second kappa shape index (κ2) is 5.59. The zero-order valence-electron chi connectivity index (χ0n) is 8.55. The van der Waals surface area contributed by atoms with Crippen LogP contribution in [0, 0.1) is 5.92 Å². The van der Waals surface area contributed by atoms with Crippen LogP contribution in [0.5, 0.6) is 0 Å². The van der Waals surface area contributed by atoms with E-state index in [1.807, 2.05) is 0 Å². The molecule has 0 saturated heterocycles. The third-order valence-corrected chi connectivity index (χ3v) is 2.03. The summed E-state index contributed by atoms with van der Waals surface area (Å²) in [7, 11) is 0. The van der Waals surface area contributed by atoms with Crippen LogP contribution in [0.15, 0.2) is 0 Å². The van der Waals surface area contributed by atoms with Gasteiger partial charge in [-0.3, -0.25) is 0 Å². The second-order valence-electron chi connectivity index (χ2n) is 3.66. The van der Waals surface area contributed by atoms with Crippen LogP contribution < -0.4 is 0 Å². The van der Waals surface area contributed by atoms with E-state index in [-0.39, 0.29) is 0 Å². The van der Waals surface area contributed by atoms with Crippen LogP contribution in [0.2, 0.25) is 0 Å². The standard InChI is InChI=1S/C10H22O/c1-6-7-9(4)10(5)11-8(2)3/h8-10H,6-7H2,1-5H3. The SMILES string of the molecule is CCCC(C)C(C)OC(C)C. The van der Waals surface area contributed by atoms with Crippen molar-refractivity contribution in [2.75, 3.05) is 0 Å². The summed E-state index contributed by atoms with van der Waals surface area (Å²) < 4.78 is 5.66. The van der Waals surface area contributed by atoms with E-state index in [0.29, 0.717) is 18.1 Å². The highest BCUT2D eigenvalue weighted by Crippen LogP contribution is 2.14. The zero-order chi connectivity index (χ0) is 8.85. The number of hydrogen-bond donors (Lipinski definition) is 0. The molecule has 0 spiro atoms. The Bertz CT molecular complexity index is 88.9. The molecule has 0 bridgehead atoms. The molecule has 0 heterocycles. The molecule has 0 radical (unpaired) electrons. The van der Waals surface area contributed by atoms with E-state index >= 15 is 0 Å². The van der Waals surface area contributed by atoms with Gasteiger partial charge >= 0.3 is 0 Å². The topological polar surface area (TPSA) is 9.23 Å². The van der Waals surface area contributed by atoms with Crippen LogP contribution in [0.1, 0.15) is 47.5 Å². The molecule has 0 rings (SSSR count). The molecular formula is C10H22O. The molecule has 68 valence electrons. The predicted molar refractivity (Wildman–Crippen MR) is 49.8 cm³/mol. The van der Waals surface area contributed by atoms with Crippen molar-refractivity contribution in [2.24, 2.45) is 5.92 Å². The van der Waals surface area contributed by atoms with Gasteiger partial charge in [-0.25, -0.2) is 0 Å². The summed E-state index contributed by atoms with van der Waals surface area (Å²) in [5, 5.41) is 0. The molecule has 1 heteroatoms. The Morgan fingerprint density at radius 1 is 1.09 bits per heavy atom. The summed E-state index contributed by atoms with van der Waals surface area (Å²) in [6.07, 6.45) is 3.31. The molecule has 1 nitrogen and oxygen atoms in total. The highest BCUT2D eigenvalue weighted by atomic mass is 16.5. The van der Waals surface area contributed by atoms with Gasteiger partial charge in [0, 0.05) is 0 Å². The normalized spacial score (nSPS) is 16.9. The fourth-order valence-corrected chi connectivity index (χ4v) is 1.25. The first kappa shape index (κ1) is 11.0. The quantitative estimate of drug-likeness (QED) is 0.597. The van der Waals surface area contributed by atoms with Gasteiger partial charge in [-0.2, -0.15) is 0 Å². The van der Waals surface area contributed by atoms with Crippen LogP contribution in [-0.2, 0) is 4.74 Å². The molecule has 0 aromatic heterocycles. The maximum absolute atomic E-state index is 5.66. The minimum atomic E-state index is 0.365. The maximum Gasteiger partial charge on any atom is 0.0576 e. The lowest BCUT2D eigenvalue weighted by atomic mass is 10.0. The minimum Gasteiger partial charge on any atom is -0.376 e. The molecule has 11 heavy (non-hydrogen) atoms. The van der Waals surface area contributed by atoms with Crippen molar-refractivity contribution in [3.8, 4) is 0 Å². The Labute approximate surface area is 71.1 Å². The summed E-state index contributed by atoms with van der Waals surface area (Å²) in [6.45, 7) is 10.8. The number of ether oxygens (including phenoxy) is 1. The zero-order valence-corrected chi connectivity index (χ0v) is 8.55. The van der Waals surface area contributed by atoms with Crippen molar-refractivity contribution in [3.63, 3.8) is 0 Å². The van der Waals surface area contributed by atoms with Crippen LogP contribution in [0.25, 0.3) is 0 Å². The Balaban J connectivity index is 3.54. The first-order valence-electron chi connectivity index (χ1n) is 4.73. The molecule has 0 aliphatic heterocycles. The van der Waals surface area contributed by atoms with Crippen LogP contribution in [-0.4, -0.2) is 12.2 Å². The van der Waals surface area contributed by atoms with Gasteiger partial charge in [0.15, 0.2) is 0 Å². The molecule has 0 fully saturated rings. The molecule has 0 aliphatic rings. The summed E-state index contributed by atoms with van der Waals surface area (Å²) in [5.41, 5.74) is 0. The molecule has 2 atom stereocenters. The molecule has 0 aromatic rings. The van der Waals surface area contributed by atoms with Crippen molar-refractivity contribution in [2.45, 2.75) is 59.7 Å². The fourth-order valence-electron chi connectivity index (χ4n) is 1.25. The van der Waals surface area contributed by atoms with Gasteiger partial charge in [0.2, 0.25) is 0 Å². The van der Waals surface area contributed by atoms with Gasteiger partial charge < -0.3 is 4.74 Å². The lowest BCUT2D eigenvalue weighted by molar-refractivity contribution is -0.0127. The Morgan fingerprint density at radius 3 is 2.00 bits per heavy atom. The van der Waals surface area contributed by atoms with Crippen molar-refractivity contribution >= 4 is 0 Å². The van der Waals surface area contributed by atoms with Crippen molar-refractivity contribution in [1.29, 1.82) is 0 Å². The number of rotatable bonds is 5. The first-order chi connectivity index (χ1) is 5.07. The van der Waals surface area contributed by atoms with E-state index in [1.54, 1.807) is 0 Å². The smallest absolute Gasteiger partial charge is 0.0576 e. The summed E-state index contributed by atoms with van der Waals surface area (Å²) in [6, 6.07) is 0. The van der Waals surface area contributed by atoms with Gasteiger partial charge in [-0.1, -0.05) is 20.3 Å². The molecule has 0 saturated carbocycles. The molecule has 0 amide bonds. The summed E-state index contributed by atoms with van der Waals surface area (Å²) in [4.78, 5) is 0. The third kappa shape index (κ3) is 5.25. The van der Waals surface area contributed by atoms with E-state index in [0.717, 1.165) is 0 Å². The minimum absolute atomic E-state index is 0.365. The lowest BCUT2D eigenvalue weighted by Gasteiger charge is -2.22. The van der Waals surface area contributed by atoms with E-state index in [2.05, 4.69) is 34.6 Å². The van der Waals surface area contributed by atoms with Crippen LogP contribution in [0.3, 0.4) is 0 Å². The maximum atomic E-state index is 5.66. The molecule has 0 aromatic carbocycles. The average molecular weight is 158 g/mol. The van der Waals surface area contributed by atoms with Gasteiger partial charge in [0.1, 0.15) is 0 Å². The van der Waals surface area contributed by atoms with Crippen LogP contribution in [0.4, 0.5) is 0 Å². The van der Waals surface area contributed by atoms with E-state index in [1.165, 1.54) is 12.8 Å². The first-order valence-corrected chi connectivity index (χ1v) is 4.73. The fraction of sp³-hybridized carbons (Fsp3) is 1.00. The molecule has 0 N–H and O–H groups in total. The van der Waals surface area contributed by atoms with E-state index in [4.69, 9.17) is 4.74 Å². The monoisotopic (exact) mass is 158 g/mol. The van der Waals surface area contributed by atoms with Gasteiger partial charge in [-0.15, -0.1) is 0 Å². The largest absolute Gasteiger partial charge is 0.376 e. The Morgan fingerprint density at radius 2 is 1.64 bits per heavy atom. The van der Waals surface area contributed by atoms with Gasteiger partial charge in [0.05, 0.1) is 12.2 Å². The average Bonchev–Trinajstić information content (AvgIpc) is 1.86. The second-order valence-corrected chi connectivity index (χ2v) is 3.66. The highest BCUT2D eigenvalue weighted by Gasteiger charge is 2.12. The summed E-state index contributed by atoms with van der Waals surface area (Å²) in [5.74, 6) is 0.697. The summed E-state index contributed by atoms with van der Waals surface area (Å²) >= 11 is 0. The van der Waals surface area contributed by atoms with E-state index in [9.17, 15) is 0 Å². The van der Waals surface area contributed by atoms with Crippen LogP contribution >= 0.6 is 0 Å². The molecule has 0 aliphatic carbocycles. The Kier molecular flexibility index (Phi) is 5.57. The molecule has 2 unspecified atom stereocenters. The van der Waals surface area contributed by atoms with Crippen molar-refractivity contribution in [3.05, 3.63) is 0 Å². The van der Waals surface area contributed by atoms with Crippen molar-refractivity contribution < 1.29 is 4.74 Å².